The second-order valence-electron chi connectivity index (χ2n) is 15.8. The van der Waals surface area contributed by atoms with Gasteiger partial charge in [-0.15, -0.1) is 0 Å². The van der Waals surface area contributed by atoms with Crippen molar-refractivity contribution in [3.8, 4) is 0 Å². The van der Waals surface area contributed by atoms with E-state index in [9.17, 15) is 0 Å². The van der Waals surface area contributed by atoms with Gasteiger partial charge >= 0.3 is 0 Å². The highest BCUT2D eigenvalue weighted by Gasteiger charge is 2.36. The minimum atomic E-state index is -0.126. The molecular formula is C57H47N3. The van der Waals surface area contributed by atoms with E-state index in [-0.39, 0.29) is 5.41 Å². The maximum absolute atomic E-state index is 2.47. The normalized spacial score (nSPS) is 12.8. The van der Waals surface area contributed by atoms with Crippen LogP contribution in [0.25, 0.3) is 32.3 Å². The Bertz CT molecular complexity index is 2810. The van der Waals surface area contributed by atoms with E-state index in [0.29, 0.717) is 0 Å². The van der Waals surface area contributed by atoms with Crippen LogP contribution < -0.4 is 14.7 Å². The Morgan fingerprint density at radius 1 is 0.367 bits per heavy atom. The summed E-state index contributed by atoms with van der Waals surface area (Å²) in [6.07, 6.45) is 0. The average molecular weight is 774 g/mol. The molecule has 0 atom stereocenters. The van der Waals surface area contributed by atoms with Gasteiger partial charge in [0, 0.05) is 50.0 Å². The Hall–Kier alpha value is -7.36. The lowest BCUT2D eigenvalue weighted by molar-refractivity contribution is 0.632. The third-order valence-electron chi connectivity index (χ3n) is 12.1. The molecular weight excluding hydrogens is 727 g/mol. The number of hydrogen-bond acceptors (Lipinski definition) is 3. The van der Waals surface area contributed by atoms with Crippen LogP contribution in [0, 0.1) is 0 Å². The van der Waals surface area contributed by atoms with E-state index in [1.807, 2.05) is 13.8 Å². The van der Waals surface area contributed by atoms with Crippen LogP contribution in [0.5, 0.6) is 0 Å². The molecule has 10 aromatic rings. The predicted octanol–water partition coefficient (Wildman–Crippen LogP) is 16.7. The first-order valence-corrected chi connectivity index (χ1v) is 21.1. The van der Waals surface area contributed by atoms with Crippen LogP contribution in [0.1, 0.15) is 38.8 Å². The molecule has 1 aliphatic rings. The fraction of sp³-hybridized carbons (Fsp3) is 0.0877. The van der Waals surface area contributed by atoms with Crippen molar-refractivity contribution in [1.82, 2.24) is 0 Å². The maximum atomic E-state index is 2.47. The summed E-state index contributed by atoms with van der Waals surface area (Å²) in [7, 11) is 0. The smallest absolute Gasteiger partial charge is 0.0561 e. The molecule has 1 aliphatic heterocycles. The molecule has 0 spiro atoms. The summed E-state index contributed by atoms with van der Waals surface area (Å²) in [5, 5.41) is 7.35. The van der Waals surface area contributed by atoms with Gasteiger partial charge in [0.15, 0.2) is 0 Å². The largest absolute Gasteiger partial charge is 0.310 e. The van der Waals surface area contributed by atoms with Crippen molar-refractivity contribution in [2.24, 2.45) is 0 Å². The Kier molecular flexibility index (Phi) is 9.30. The summed E-state index contributed by atoms with van der Waals surface area (Å²) >= 11 is 0. The van der Waals surface area contributed by atoms with Crippen LogP contribution in [-0.2, 0) is 5.41 Å². The van der Waals surface area contributed by atoms with Crippen LogP contribution in [-0.4, -0.2) is 0 Å². The topological polar surface area (TPSA) is 9.72 Å². The summed E-state index contributed by atoms with van der Waals surface area (Å²) in [6.45, 7) is 8.69. The number of hydrogen-bond donors (Lipinski definition) is 0. The third-order valence-corrected chi connectivity index (χ3v) is 12.1. The molecule has 0 amide bonds. The van der Waals surface area contributed by atoms with E-state index in [1.165, 1.54) is 54.8 Å². The molecule has 0 saturated carbocycles. The number of anilines is 9. The monoisotopic (exact) mass is 773 g/mol. The van der Waals surface area contributed by atoms with Crippen molar-refractivity contribution in [3.05, 3.63) is 223 Å². The molecule has 0 fully saturated rings. The summed E-state index contributed by atoms with van der Waals surface area (Å²) in [5.74, 6) is 0. The Morgan fingerprint density at radius 2 is 0.717 bits per heavy atom. The molecule has 3 nitrogen and oxygen atoms in total. The Balaban J connectivity index is 0.00000213. The van der Waals surface area contributed by atoms with Gasteiger partial charge in [-0.3, -0.25) is 0 Å². The Morgan fingerprint density at radius 3 is 1.10 bits per heavy atom. The van der Waals surface area contributed by atoms with E-state index < -0.39 is 0 Å². The zero-order valence-corrected chi connectivity index (χ0v) is 34.5. The lowest BCUT2D eigenvalue weighted by atomic mass is 9.73. The lowest BCUT2D eigenvalue weighted by Gasteiger charge is -2.42. The molecule has 10 aromatic carbocycles. The SMILES string of the molecule is CC.CC1(C)c2ccccc2N(c2cc3ccc4c(N(c5ccccc5)c5ccccc5)cc(N(c5ccccc5)c5ccccc5)c5ccc(c2)c3c45)c2ccccc21. The van der Waals surface area contributed by atoms with Crippen molar-refractivity contribution in [2.45, 2.75) is 33.1 Å². The molecule has 0 aliphatic carbocycles. The zero-order valence-electron chi connectivity index (χ0n) is 34.5. The molecule has 60 heavy (non-hydrogen) atoms. The first kappa shape index (κ1) is 36.9. The minimum Gasteiger partial charge on any atom is -0.310 e. The van der Waals surface area contributed by atoms with Gasteiger partial charge in [0.25, 0.3) is 0 Å². The van der Waals surface area contributed by atoms with Gasteiger partial charge in [-0.05, 0) is 106 Å². The Labute approximate surface area is 353 Å². The number of fused-ring (bicyclic) bond motifs is 2. The van der Waals surface area contributed by atoms with Gasteiger partial charge in [-0.1, -0.05) is 161 Å². The fourth-order valence-corrected chi connectivity index (χ4v) is 9.47. The van der Waals surface area contributed by atoms with Crippen LogP contribution in [0.15, 0.2) is 212 Å². The molecule has 0 N–H and O–H groups in total. The molecule has 0 aromatic heterocycles. The quantitative estimate of drug-likeness (QED) is 0.149. The second-order valence-corrected chi connectivity index (χ2v) is 15.8. The fourth-order valence-electron chi connectivity index (χ4n) is 9.47. The van der Waals surface area contributed by atoms with E-state index in [2.05, 4.69) is 241 Å². The molecule has 290 valence electrons. The molecule has 0 unspecified atom stereocenters. The molecule has 3 heteroatoms. The first-order valence-electron chi connectivity index (χ1n) is 21.1. The highest BCUT2D eigenvalue weighted by molar-refractivity contribution is 6.29. The second kappa shape index (κ2) is 15.1. The van der Waals surface area contributed by atoms with Crippen molar-refractivity contribution in [2.75, 3.05) is 14.7 Å². The standard InChI is InChI=1S/C55H41N3.C2H6/c1-55(2)47-27-15-17-29-49(47)58(50-30-18-16-28-48(50)55)44-35-38-31-33-45-51(56(40-19-7-3-8-20-40)41-21-9-4-10-22-41)37-52(46-34-32-39(36-44)53(38)54(45)46)57(42-23-11-5-12-24-42)43-25-13-6-14-26-43;1-2/h3-37H,1-2H3;1-2H3. The van der Waals surface area contributed by atoms with Gasteiger partial charge in [0.05, 0.1) is 22.7 Å². The van der Waals surface area contributed by atoms with Crippen LogP contribution >= 0.6 is 0 Å². The molecule has 1 heterocycles. The van der Waals surface area contributed by atoms with E-state index in [4.69, 9.17) is 0 Å². The summed E-state index contributed by atoms with van der Waals surface area (Å²) in [6, 6.07) is 77.4. The maximum Gasteiger partial charge on any atom is 0.0561 e. The van der Waals surface area contributed by atoms with E-state index in [0.717, 1.165) is 39.8 Å². The summed E-state index contributed by atoms with van der Waals surface area (Å²) < 4.78 is 0. The van der Waals surface area contributed by atoms with Gasteiger partial charge < -0.3 is 14.7 Å². The molecule has 0 bridgehead atoms. The van der Waals surface area contributed by atoms with Gasteiger partial charge in [-0.25, -0.2) is 0 Å². The average Bonchev–Trinajstić information content (AvgIpc) is 3.31. The van der Waals surface area contributed by atoms with Crippen LogP contribution in [0.2, 0.25) is 0 Å². The summed E-state index contributed by atoms with van der Waals surface area (Å²) in [5.41, 5.74) is 12.8. The zero-order chi connectivity index (χ0) is 40.8. The van der Waals surface area contributed by atoms with Gasteiger partial charge in [0.1, 0.15) is 0 Å². The number of para-hydroxylation sites is 6. The van der Waals surface area contributed by atoms with Gasteiger partial charge in [0.2, 0.25) is 0 Å². The van der Waals surface area contributed by atoms with Crippen LogP contribution in [0.3, 0.4) is 0 Å². The first-order chi connectivity index (χ1) is 29.6. The molecule has 11 rings (SSSR count). The van der Waals surface area contributed by atoms with Crippen molar-refractivity contribution in [1.29, 1.82) is 0 Å². The van der Waals surface area contributed by atoms with Crippen LogP contribution in [0.4, 0.5) is 51.2 Å². The third kappa shape index (κ3) is 5.96. The predicted molar refractivity (Wildman–Crippen MR) is 258 cm³/mol. The number of rotatable bonds is 7. The minimum absolute atomic E-state index is 0.126. The van der Waals surface area contributed by atoms with Gasteiger partial charge in [-0.2, -0.15) is 0 Å². The summed E-state index contributed by atoms with van der Waals surface area (Å²) in [4.78, 5) is 7.30. The molecule has 0 radical (unpaired) electrons. The van der Waals surface area contributed by atoms with Crippen molar-refractivity contribution >= 4 is 83.5 Å². The van der Waals surface area contributed by atoms with Crippen molar-refractivity contribution < 1.29 is 0 Å². The van der Waals surface area contributed by atoms with E-state index >= 15 is 0 Å². The van der Waals surface area contributed by atoms with Crippen molar-refractivity contribution in [3.63, 3.8) is 0 Å². The highest BCUT2D eigenvalue weighted by Crippen LogP contribution is 2.54. The van der Waals surface area contributed by atoms with E-state index in [1.54, 1.807) is 0 Å². The number of benzene rings is 10. The number of nitrogens with zero attached hydrogens (tertiary/aromatic N) is 3. The highest BCUT2D eigenvalue weighted by atomic mass is 15.2. The molecule has 0 saturated heterocycles. The lowest BCUT2D eigenvalue weighted by Crippen LogP contribution is -2.30.